The molecular formula is C18H19N3O4. The summed E-state index contributed by atoms with van der Waals surface area (Å²) in [5.74, 6) is -1.08. The zero-order valence-corrected chi connectivity index (χ0v) is 13.7. The summed E-state index contributed by atoms with van der Waals surface area (Å²) in [5, 5.41) is 17.5. The monoisotopic (exact) mass is 341 g/mol. The molecule has 7 heteroatoms. The molecule has 25 heavy (non-hydrogen) atoms. The molecule has 2 heterocycles. The number of nitrogens with one attached hydrogen (secondary N) is 1. The van der Waals surface area contributed by atoms with Crippen molar-refractivity contribution in [1.82, 2.24) is 10.4 Å². The molecule has 1 spiro atoms. The van der Waals surface area contributed by atoms with Crippen molar-refractivity contribution in [2.45, 2.75) is 31.3 Å². The van der Waals surface area contributed by atoms with Gasteiger partial charge in [-0.25, -0.2) is 0 Å². The summed E-state index contributed by atoms with van der Waals surface area (Å²) in [6.45, 7) is 1.08. The highest BCUT2D eigenvalue weighted by molar-refractivity contribution is 5.80. The Hall–Kier alpha value is -2.85. The van der Waals surface area contributed by atoms with E-state index < -0.39 is 11.6 Å². The second-order valence-corrected chi connectivity index (χ2v) is 6.29. The van der Waals surface area contributed by atoms with Gasteiger partial charge in [-0.1, -0.05) is 12.1 Å². The number of amides is 1. The van der Waals surface area contributed by atoms with Crippen molar-refractivity contribution < 1.29 is 19.5 Å². The molecule has 7 nitrogen and oxygen atoms in total. The lowest BCUT2D eigenvalue weighted by Crippen LogP contribution is -2.46. The Morgan fingerprint density at radius 1 is 1.24 bits per heavy atom. The quantitative estimate of drug-likeness (QED) is 0.863. The van der Waals surface area contributed by atoms with E-state index in [1.54, 1.807) is 17.0 Å². The van der Waals surface area contributed by atoms with Crippen LogP contribution in [-0.4, -0.2) is 40.6 Å². The van der Waals surface area contributed by atoms with E-state index in [0.717, 1.165) is 11.3 Å². The summed E-state index contributed by atoms with van der Waals surface area (Å²) >= 11 is 0. The van der Waals surface area contributed by atoms with Crippen molar-refractivity contribution in [3.63, 3.8) is 0 Å². The molecule has 0 unspecified atom stereocenters. The van der Waals surface area contributed by atoms with Crippen molar-refractivity contribution in [1.29, 1.82) is 5.26 Å². The third-order valence-corrected chi connectivity index (χ3v) is 4.61. The molecule has 1 amide bonds. The fraction of sp³-hybridized carbons (Fsp3) is 0.389. The normalized spacial score (nSPS) is 18.4. The molecule has 1 saturated heterocycles. The van der Waals surface area contributed by atoms with Crippen LogP contribution in [0.1, 0.15) is 36.8 Å². The maximum absolute atomic E-state index is 12.0. The number of carboxylic acids is 1. The fourth-order valence-corrected chi connectivity index (χ4v) is 3.10. The molecule has 1 aromatic rings. The minimum Gasteiger partial charge on any atom is -0.481 e. The maximum atomic E-state index is 12.0. The molecule has 1 aromatic carbocycles. The number of carboxylic acid groups (broad SMARTS) is 1. The summed E-state index contributed by atoms with van der Waals surface area (Å²) in [6.07, 6.45) is 3.24. The van der Waals surface area contributed by atoms with Gasteiger partial charge in [0.1, 0.15) is 5.60 Å². The van der Waals surface area contributed by atoms with Crippen LogP contribution in [0, 0.1) is 11.3 Å². The van der Waals surface area contributed by atoms with Crippen LogP contribution >= 0.6 is 0 Å². The number of rotatable bonds is 4. The second-order valence-electron chi connectivity index (χ2n) is 6.29. The number of carbonyl (C=O) groups is 2. The van der Waals surface area contributed by atoms with Crippen molar-refractivity contribution >= 4 is 17.6 Å². The zero-order valence-electron chi connectivity index (χ0n) is 13.7. The zero-order chi connectivity index (χ0) is 17.9. The lowest BCUT2D eigenvalue weighted by molar-refractivity contribution is -0.143. The number of hydrogen-bond acceptors (Lipinski definition) is 5. The summed E-state index contributed by atoms with van der Waals surface area (Å²) in [7, 11) is 0. The van der Waals surface area contributed by atoms with E-state index in [-0.39, 0.29) is 18.7 Å². The highest BCUT2D eigenvalue weighted by atomic mass is 16.7. The molecule has 0 radical (unpaired) electrons. The number of piperidine rings is 1. The van der Waals surface area contributed by atoms with Gasteiger partial charge in [-0.15, -0.1) is 0 Å². The predicted molar refractivity (Wildman–Crippen MR) is 88.8 cm³/mol. The molecular weight excluding hydrogens is 322 g/mol. The molecule has 0 atom stereocenters. The highest BCUT2D eigenvalue weighted by Crippen LogP contribution is 2.34. The van der Waals surface area contributed by atoms with Gasteiger partial charge >= 0.3 is 5.97 Å². The third-order valence-electron chi connectivity index (χ3n) is 4.61. The fourth-order valence-electron chi connectivity index (χ4n) is 3.10. The van der Waals surface area contributed by atoms with Gasteiger partial charge < -0.3 is 10.0 Å². The Kier molecular flexibility index (Phi) is 4.72. The van der Waals surface area contributed by atoms with Gasteiger partial charge in [0.25, 0.3) is 0 Å². The summed E-state index contributed by atoms with van der Waals surface area (Å²) < 4.78 is 0. The lowest BCUT2D eigenvalue weighted by Gasteiger charge is -2.36. The minimum atomic E-state index is -0.958. The first-order chi connectivity index (χ1) is 12.0. The van der Waals surface area contributed by atoms with Gasteiger partial charge in [0.15, 0.2) is 0 Å². The van der Waals surface area contributed by atoms with E-state index in [4.69, 9.17) is 15.2 Å². The van der Waals surface area contributed by atoms with Gasteiger partial charge in [-0.3, -0.25) is 19.9 Å². The van der Waals surface area contributed by atoms with Gasteiger partial charge in [0.2, 0.25) is 5.91 Å². The van der Waals surface area contributed by atoms with E-state index in [1.807, 2.05) is 18.2 Å². The smallest absolute Gasteiger partial charge is 0.303 e. The molecule has 2 aliphatic rings. The van der Waals surface area contributed by atoms with Crippen LogP contribution in [0.25, 0.3) is 5.70 Å². The SMILES string of the molecule is N#Cc1ccc(C2=CC3(CCN(C(=O)CCC(=O)O)CC3)ON2)cc1. The Bertz CT molecular complexity index is 741. The molecule has 2 aliphatic heterocycles. The Morgan fingerprint density at radius 3 is 2.52 bits per heavy atom. The summed E-state index contributed by atoms with van der Waals surface area (Å²) in [6, 6.07) is 9.33. The molecule has 3 rings (SSSR count). The average molecular weight is 341 g/mol. The van der Waals surface area contributed by atoms with Crippen molar-refractivity contribution in [3.8, 4) is 6.07 Å². The number of carbonyl (C=O) groups excluding carboxylic acids is 1. The Morgan fingerprint density at radius 2 is 1.92 bits per heavy atom. The lowest BCUT2D eigenvalue weighted by atomic mass is 9.90. The summed E-state index contributed by atoms with van der Waals surface area (Å²) in [5.41, 5.74) is 4.90. The Balaban J connectivity index is 1.61. The van der Waals surface area contributed by atoms with E-state index >= 15 is 0 Å². The first kappa shape index (κ1) is 17.0. The predicted octanol–water partition coefficient (Wildman–Crippen LogP) is 1.66. The second kappa shape index (κ2) is 6.95. The minimum absolute atomic E-state index is 0.0355. The molecule has 0 aromatic heterocycles. The van der Waals surface area contributed by atoms with Crippen LogP contribution in [0.5, 0.6) is 0 Å². The number of likely N-dealkylation sites (tertiary alicyclic amines) is 1. The number of hydrogen-bond donors (Lipinski definition) is 2. The number of aliphatic carboxylic acids is 1. The van der Waals surface area contributed by atoms with Gasteiger partial charge in [0, 0.05) is 32.4 Å². The molecule has 2 N–H and O–H groups in total. The van der Waals surface area contributed by atoms with Crippen molar-refractivity contribution in [2.75, 3.05) is 13.1 Å². The van der Waals surface area contributed by atoms with Crippen LogP contribution in [0.3, 0.4) is 0 Å². The van der Waals surface area contributed by atoms with Crippen LogP contribution in [0.4, 0.5) is 0 Å². The van der Waals surface area contributed by atoms with E-state index in [0.29, 0.717) is 31.5 Å². The van der Waals surface area contributed by atoms with Crippen LogP contribution in [0.15, 0.2) is 30.3 Å². The first-order valence-electron chi connectivity index (χ1n) is 8.18. The largest absolute Gasteiger partial charge is 0.481 e. The van der Waals surface area contributed by atoms with Gasteiger partial charge in [-0.05, 0) is 23.8 Å². The number of nitriles is 1. The molecule has 1 fully saturated rings. The molecule has 0 aliphatic carbocycles. The standard InChI is InChI=1S/C18H19N3O4/c19-12-13-1-3-14(4-2-13)15-11-18(25-20-15)7-9-21(10-8-18)16(22)5-6-17(23)24/h1-4,11,20H,5-10H2,(H,23,24). The molecule has 0 saturated carbocycles. The third kappa shape index (κ3) is 3.80. The van der Waals surface area contributed by atoms with E-state index in [9.17, 15) is 9.59 Å². The molecule has 130 valence electrons. The number of benzene rings is 1. The highest BCUT2D eigenvalue weighted by Gasteiger charge is 2.39. The van der Waals surface area contributed by atoms with Gasteiger partial charge in [0.05, 0.1) is 23.8 Å². The van der Waals surface area contributed by atoms with Crippen LogP contribution < -0.4 is 5.48 Å². The van der Waals surface area contributed by atoms with Gasteiger partial charge in [-0.2, -0.15) is 5.26 Å². The van der Waals surface area contributed by atoms with Crippen LogP contribution in [-0.2, 0) is 14.4 Å². The summed E-state index contributed by atoms with van der Waals surface area (Å²) in [4.78, 5) is 30.1. The van der Waals surface area contributed by atoms with Crippen LogP contribution in [0.2, 0.25) is 0 Å². The molecule has 0 bridgehead atoms. The topological polar surface area (TPSA) is 103 Å². The maximum Gasteiger partial charge on any atom is 0.303 e. The van der Waals surface area contributed by atoms with E-state index in [1.165, 1.54) is 0 Å². The first-order valence-corrected chi connectivity index (χ1v) is 8.18. The Labute approximate surface area is 145 Å². The van der Waals surface area contributed by atoms with E-state index in [2.05, 4.69) is 11.5 Å². The van der Waals surface area contributed by atoms with Crippen molar-refractivity contribution in [2.24, 2.45) is 0 Å². The average Bonchev–Trinajstić information content (AvgIpc) is 3.04. The number of nitrogens with zero attached hydrogens (tertiary/aromatic N) is 2. The van der Waals surface area contributed by atoms with Crippen molar-refractivity contribution in [3.05, 3.63) is 41.5 Å². The number of hydroxylamine groups is 1.